The molecule has 0 bridgehead atoms. The molecule has 4 aromatic rings. The van der Waals surface area contributed by atoms with E-state index in [1.165, 1.54) is 11.3 Å². The summed E-state index contributed by atoms with van der Waals surface area (Å²) in [4.78, 5) is 16.7. The summed E-state index contributed by atoms with van der Waals surface area (Å²) in [6, 6.07) is 18.0. The van der Waals surface area contributed by atoms with Crippen LogP contribution in [-0.4, -0.2) is 21.7 Å². The highest BCUT2D eigenvalue weighted by atomic mass is 32.1. The first-order valence-electron chi connectivity index (χ1n) is 8.56. The molecule has 2 aromatic heterocycles. The van der Waals surface area contributed by atoms with E-state index >= 15 is 0 Å². The van der Waals surface area contributed by atoms with Gasteiger partial charge in [0, 0.05) is 40.7 Å². The first-order valence-corrected chi connectivity index (χ1v) is 9.44. The highest BCUT2D eigenvalue weighted by molar-refractivity contribution is 7.13. The Morgan fingerprint density at radius 1 is 1.19 bits per heavy atom. The maximum atomic E-state index is 12.2. The fraction of sp³-hybridized carbons (Fsp3) is 0.0952. The van der Waals surface area contributed by atoms with E-state index in [2.05, 4.69) is 21.6 Å². The summed E-state index contributed by atoms with van der Waals surface area (Å²) in [6.07, 6.45) is 3.87. The van der Waals surface area contributed by atoms with Gasteiger partial charge < -0.3 is 4.57 Å². The molecule has 1 N–H and O–H groups in total. The zero-order valence-electron chi connectivity index (χ0n) is 14.8. The summed E-state index contributed by atoms with van der Waals surface area (Å²) in [7, 11) is 1.99. The molecule has 27 heavy (non-hydrogen) atoms. The average Bonchev–Trinajstić information content (AvgIpc) is 3.28. The van der Waals surface area contributed by atoms with E-state index < -0.39 is 0 Å². The summed E-state index contributed by atoms with van der Waals surface area (Å²) in [6.45, 7) is 0. The van der Waals surface area contributed by atoms with Crippen LogP contribution in [0.4, 0.5) is 0 Å². The number of carbonyl (C=O) groups excluding carboxylic acids is 1. The summed E-state index contributed by atoms with van der Waals surface area (Å²) in [5, 5.41) is 8.03. The molecule has 6 heteroatoms. The Kier molecular flexibility index (Phi) is 4.80. The van der Waals surface area contributed by atoms with Crippen LogP contribution in [-0.2, 0) is 18.3 Å². The molecule has 0 unspecified atom stereocenters. The average molecular weight is 374 g/mol. The lowest BCUT2D eigenvalue weighted by atomic mass is 10.2. The number of aromatic nitrogens is 2. The number of hydrogen-bond acceptors (Lipinski definition) is 4. The molecule has 0 radical (unpaired) electrons. The lowest BCUT2D eigenvalue weighted by Crippen LogP contribution is -2.19. The van der Waals surface area contributed by atoms with Gasteiger partial charge in [0.05, 0.1) is 18.3 Å². The lowest BCUT2D eigenvalue weighted by molar-refractivity contribution is -0.120. The van der Waals surface area contributed by atoms with E-state index in [-0.39, 0.29) is 12.3 Å². The number of amides is 1. The summed E-state index contributed by atoms with van der Waals surface area (Å²) >= 11 is 1.54. The van der Waals surface area contributed by atoms with E-state index in [0.717, 1.165) is 32.7 Å². The maximum Gasteiger partial charge on any atom is 0.246 e. The number of nitrogens with zero attached hydrogens (tertiary/aromatic N) is 3. The number of nitrogens with one attached hydrogen (secondary N) is 1. The normalized spacial score (nSPS) is 11.3. The van der Waals surface area contributed by atoms with Crippen molar-refractivity contribution in [3.8, 4) is 10.6 Å². The minimum Gasteiger partial charge on any atom is -0.350 e. The van der Waals surface area contributed by atoms with Gasteiger partial charge in [0.25, 0.3) is 0 Å². The predicted octanol–water partition coefficient (Wildman–Crippen LogP) is 3.99. The van der Waals surface area contributed by atoms with Crippen molar-refractivity contribution in [2.75, 3.05) is 0 Å². The molecule has 0 saturated carbocycles. The van der Waals surface area contributed by atoms with E-state index in [1.807, 2.05) is 71.7 Å². The minimum atomic E-state index is -0.184. The number of hydrazone groups is 1. The molecule has 2 heterocycles. The highest BCUT2D eigenvalue weighted by Crippen LogP contribution is 2.23. The second-order valence-electron chi connectivity index (χ2n) is 6.19. The smallest absolute Gasteiger partial charge is 0.246 e. The van der Waals surface area contributed by atoms with Crippen molar-refractivity contribution < 1.29 is 4.79 Å². The zero-order valence-corrected chi connectivity index (χ0v) is 15.6. The summed E-state index contributed by atoms with van der Waals surface area (Å²) in [5.41, 5.74) is 6.49. The van der Waals surface area contributed by atoms with Crippen LogP contribution in [0.25, 0.3) is 21.5 Å². The quantitative estimate of drug-likeness (QED) is 0.424. The summed E-state index contributed by atoms with van der Waals surface area (Å²) < 4.78 is 2.04. The second-order valence-corrected chi connectivity index (χ2v) is 7.05. The second kappa shape index (κ2) is 7.55. The number of rotatable bonds is 5. The Morgan fingerprint density at radius 2 is 1.96 bits per heavy atom. The molecule has 134 valence electrons. The van der Waals surface area contributed by atoms with Gasteiger partial charge in [0.15, 0.2) is 0 Å². The third-order valence-electron chi connectivity index (χ3n) is 4.23. The monoisotopic (exact) mass is 374 g/mol. The topological polar surface area (TPSA) is 59.3 Å². The van der Waals surface area contributed by atoms with Crippen molar-refractivity contribution in [2.45, 2.75) is 6.42 Å². The van der Waals surface area contributed by atoms with Gasteiger partial charge in [-0.15, -0.1) is 11.3 Å². The number of para-hydroxylation sites is 1. The number of carbonyl (C=O) groups is 1. The van der Waals surface area contributed by atoms with Crippen molar-refractivity contribution in [3.05, 3.63) is 77.4 Å². The van der Waals surface area contributed by atoms with E-state index in [9.17, 15) is 4.79 Å². The molecule has 2 aromatic carbocycles. The Morgan fingerprint density at radius 3 is 2.81 bits per heavy atom. The SMILES string of the molecule is Cn1cc(/C=N/NC(=O)Cc2csc(-c3ccccc3)n2)c2ccccc21. The lowest BCUT2D eigenvalue weighted by Gasteiger charge is -1.97. The molecular weight excluding hydrogens is 356 g/mol. The third kappa shape index (κ3) is 3.80. The molecule has 1 amide bonds. The van der Waals surface area contributed by atoms with Gasteiger partial charge in [0.2, 0.25) is 5.91 Å². The fourth-order valence-corrected chi connectivity index (χ4v) is 3.78. The van der Waals surface area contributed by atoms with Crippen LogP contribution in [0, 0.1) is 0 Å². The number of fused-ring (bicyclic) bond motifs is 1. The van der Waals surface area contributed by atoms with Gasteiger partial charge in [0.1, 0.15) is 5.01 Å². The number of thiazole rings is 1. The molecule has 0 atom stereocenters. The highest BCUT2D eigenvalue weighted by Gasteiger charge is 2.09. The molecule has 0 aliphatic heterocycles. The Balaban J connectivity index is 1.40. The number of hydrogen-bond donors (Lipinski definition) is 1. The molecule has 4 rings (SSSR count). The molecule has 0 fully saturated rings. The van der Waals surface area contributed by atoms with Crippen molar-refractivity contribution in [1.29, 1.82) is 0 Å². The van der Waals surface area contributed by atoms with Crippen LogP contribution < -0.4 is 5.43 Å². The van der Waals surface area contributed by atoms with Gasteiger partial charge >= 0.3 is 0 Å². The molecular formula is C21H18N4OS. The zero-order chi connectivity index (χ0) is 18.6. The number of aryl methyl sites for hydroxylation is 1. The van der Waals surface area contributed by atoms with Crippen LogP contribution >= 0.6 is 11.3 Å². The molecule has 0 aliphatic rings. The van der Waals surface area contributed by atoms with Gasteiger partial charge in [-0.05, 0) is 6.07 Å². The Bertz CT molecular complexity index is 1110. The molecule has 5 nitrogen and oxygen atoms in total. The predicted molar refractivity (Wildman–Crippen MR) is 110 cm³/mol. The fourth-order valence-electron chi connectivity index (χ4n) is 2.96. The minimum absolute atomic E-state index is 0.184. The van der Waals surface area contributed by atoms with Crippen molar-refractivity contribution >= 4 is 34.4 Å². The van der Waals surface area contributed by atoms with Crippen molar-refractivity contribution in [1.82, 2.24) is 15.0 Å². The van der Waals surface area contributed by atoms with Gasteiger partial charge in [-0.25, -0.2) is 10.4 Å². The first kappa shape index (κ1) is 17.2. The molecule has 0 saturated heterocycles. The maximum absolute atomic E-state index is 12.2. The van der Waals surface area contributed by atoms with Crippen LogP contribution in [0.2, 0.25) is 0 Å². The van der Waals surface area contributed by atoms with Gasteiger partial charge in [-0.2, -0.15) is 5.10 Å². The van der Waals surface area contributed by atoms with E-state index in [4.69, 9.17) is 0 Å². The standard InChI is InChI=1S/C21H18N4OS/c1-25-13-16(18-9-5-6-10-19(18)25)12-22-24-20(26)11-17-14-27-21(23-17)15-7-3-2-4-8-15/h2-10,12-14H,11H2,1H3,(H,24,26)/b22-12+. The van der Waals surface area contributed by atoms with Crippen LogP contribution in [0.15, 0.2) is 71.3 Å². The van der Waals surface area contributed by atoms with Crippen LogP contribution in [0.3, 0.4) is 0 Å². The van der Waals surface area contributed by atoms with Crippen molar-refractivity contribution in [3.63, 3.8) is 0 Å². The van der Waals surface area contributed by atoms with Gasteiger partial charge in [-0.1, -0.05) is 48.5 Å². The van der Waals surface area contributed by atoms with Crippen LogP contribution in [0.1, 0.15) is 11.3 Å². The molecule has 0 spiro atoms. The summed E-state index contributed by atoms with van der Waals surface area (Å²) in [5.74, 6) is -0.184. The Hall–Kier alpha value is -3.25. The third-order valence-corrected chi connectivity index (χ3v) is 5.18. The number of benzene rings is 2. The van der Waals surface area contributed by atoms with Crippen LogP contribution in [0.5, 0.6) is 0 Å². The molecule has 0 aliphatic carbocycles. The Labute approximate surface area is 161 Å². The largest absolute Gasteiger partial charge is 0.350 e. The van der Waals surface area contributed by atoms with Gasteiger partial charge in [-0.3, -0.25) is 4.79 Å². The van der Waals surface area contributed by atoms with E-state index in [0.29, 0.717) is 0 Å². The van der Waals surface area contributed by atoms with E-state index in [1.54, 1.807) is 6.21 Å². The van der Waals surface area contributed by atoms with Crippen molar-refractivity contribution in [2.24, 2.45) is 12.1 Å². The first-order chi connectivity index (χ1) is 13.2.